The lowest BCUT2D eigenvalue weighted by Gasteiger charge is -2.38. The molecule has 1 amide bonds. The predicted molar refractivity (Wildman–Crippen MR) is 180 cm³/mol. The van der Waals surface area contributed by atoms with Crippen LogP contribution in [0.25, 0.3) is 11.0 Å². The van der Waals surface area contributed by atoms with E-state index in [1.165, 1.54) is 0 Å². The summed E-state index contributed by atoms with van der Waals surface area (Å²) in [5.41, 5.74) is 2.84. The van der Waals surface area contributed by atoms with Gasteiger partial charge in [0.05, 0.1) is 28.2 Å². The number of carboxylic acids is 1. The summed E-state index contributed by atoms with van der Waals surface area (Å²) in [6, 6.07) is 16.7. The van der Waals surface area contributed by atoms with Gasteiger partial charge in [-0.1, -0.05) is 12.1 Å². The molecule has 0 bridgehead atoms. The van der Waals surface area contributed by atoms with Crippen LogP contribution in [0.5, 0.6) is 0 Å². The Kier molecular flexibility index (Phi) is 11.2. The first-order valence-electron chi connectivity index (χ1n) is 15.9. The van der Waals surface area contributed by atoms with Crippen LogP contribution in [0.2, 0.25) is 0 Å². The van der Waals surface area contributed by atoms with Gasteiger partial charge < -0.3 is 19.3 Å². The molecule has 262 valence electrons. The van der Waals surface area contributed by atoms with Crippen molar-refractivity contribution < 1.29 is 36.6 Å². The van der Waals surface area contributed by atoms with E-state index in [0.29, 0.717) is 31.5 Å². The lowest BCUT2D eigenvalue weighted by Crippen LogP contribution is -2.41. The molecule has 0 radical (unpaired) electrons. The molecular formula is C35H38F5N5O3S. The maximum atomic E-state index is 13.8. The van der Waals surface area contributed by atoms with E-state index in [4.69, 9.17) is 0 Å². The Morgan fingerprint density at radius 1 is 1.08 bits per heavy atom. The molecule has 3 aromatic carbocycles. The number of hydrogen-bond donors (Lipinski definition) is 2. The first-order chi connectivity index (χ1) is 23.2. The van der Waals surface area contributed by atoms with Crippen molar-refractivity contribution in [2.45, 2.75) is 61.8 Å². The largest absolute Gasteiger partial charge is 0.481 e. The minimum Gasteiger partial charge on any atom is -0.481 e. The van der Waals surface area contributed by atoms with Gasteiger partial charge in [-0.15, -0.1) is 0 Å². The Morgan fingerprint density at radius 2 is 1.82 bits per heavy atom. The van der Waals surface area contributed by atoms with Crippen LogP contribution in [0.1, 0.15) is 48.6 Å². The fourth-order valence-electron chi connectivity index (χ4n) is 6.59. The van der Waals surface area contributed by atoms with Gasteiger partial charge in [0.1, 0.15) is 17.8 Å². The fraction of sp³-hybridized carbons (Fsp3) is 0.400. The number of benzene rings is 3. The molecule has 49 heavy (non-hydrogen) atoms. The second-order valence-corrected chi connectivity index (χ2v) is 13.6. The molecule has 1 aliphatic heterocycles. The molecule has 2 N–H and O–H groups in total. The van der Waals surface area contributed by atoms with Crippen molar-refractivity contribution in [2.75, 3.05) is 29.8 Å². The highest BCUT2D eigenvalue weighted by Gasteiger charge is 2.39. The summed E-state index contributed by atoms with van der Waals surface area (Å²) in [6.07, 6.45) is -2.30. The van der Waals surface area contributed by atoms with E-state index in [2.05, 4.69) is 61.2 Å². The van der Waals surface area contributed by atoms with Gasteiger partial charge in [0.15, 0.2) is 0 Å². The van der Waals surface area contributed by atoms with E-state index in [1.54, 1.807) is 11.9 Å². The number of nitrogens with one attached hydrogen (secondary N) is 1. The number of carbonyl (C=O) groups is 2. The number of aromatic nitrogens is 2. The van der Waals surface area contributed by atoms with Gasteiger partial charge in [-0.05, 0) is 105 Å². The van der Waals surface area contributed by atoms with E-state index in [1.807, 2.05) is 26.3 Å². The number of nitrogens with zero attached hydrogens (tertiary/aromatic N) is 4. The van der Waals surface area contributed by atoms with Crippen LogP contribution >= 0.6 is 11.9 Å². The molecule has 4 atom stereocenters. The standard InChI is InChI=1S/C27H33FN4O2S.C8H5F4NO/c1-17-29-25-15-22(9-11-26(25)30(17)2)35-31(3)20-6-4-18(5-7-20)24-14-21(8-10-23(24)27(33)34)32-13-12-19(28)16-32;9-6-3-5(8(10,11)12)1-2-7(6)13-4-14/h4-7,9,11,15,19,21,23-24H,8,10,12-14,16H2,1-3H3,(H,33,34);1-4H,(H,13,14)/t19?,21?,23?,24-;/m0./s1. The minimum absolute atomic E-state index is 0.0493. The number of carbonyl (C=O) groups excluding carboxylic acids is 1. The lowest BCUT2D eigenvalue weighted by atomic mass is 9.73. The normalized spacial score (nSPS) is 21.2. The molecule has 14 heteroatoms. The van der Waals surface area contributed by atoms with Crippen LogP contribution in [0.4, 0.5) is 33.3 Å². The number of hydrogen-bond acceptors (Lipinski definition) is 6. The zero-order chi connectivity index (χ0) is 35.5. The van der Waals surface area contributed by atoms with Crippen LogP contribution in [-0.4, -0.2) is 64.3 Å². The van der Waals surface area contributed by atoms with E-state index in [9.17, 15) is 36.6 Å². The van der Waals surface area contributed by atoms with E-state index < -0.39 is 29.7 Å². The van der Waals surface area contributed by atoms with Crippen molar-refractivity contribution in [3.05, 3.63) is 83.4 Å². The third-order valence-corrected chi connectivity index (χ3v) is 10.3. The molecule has 8 nitrogen and oxygen atoms in total. The molecule has 1 aliphatic carbocycles. The molecule has 2 aliphatic rings. The number of halogens is 5. The Morgan fingerprint density at radius 3 is 2.43 bits per heavy atom. The topological polar surface area (TPSA) is 90.7 Å². The number of aryl methyl sites for hydroxylation is 2. The van der Waals surface area contributed by atoms with Gasteiger partial charge in [-0.2, -0.15) is 13.2 Å². The average Bonchev–Trinajstić information content (AvgIpc) is 3.63. The summed E-state index contributed by atoms with van der Waals surface area (Å²) < 4.78 is 66.9. The first kappa shape index (κ1) is 36.1. The Bertz CT molecular complexity index is 1780. The molecular weight excluding hydrogens is 665 g/mol. The van der Waals surface area contributed by atoms with Crippen molar-refractivity contribution in [2.24, 2.45) is 13.0 Å². The maximum absolute atomic E-state index is 13.8. The SMILES string of the molecule is Cc1nc2cc(SN(C)c3ccc([C@@H]4CC(N5CCC(F)C5)CCC4C(=O)O)cc3)ccc2n1C.O=CNc1ccc(C(F)(F)F)cc1F. The van der Waals surface area contributed by atoms with E-state index in [0.717, 1.165) is 58.5 Å². The van der Waals surface area contributed by atoms with Crippen molar-refractivity contribution in [3.8, 4) is 0 Å². The minimum atomic E-state index is -4.58. The van der Waals surface area contributed by atoms with Gasteiger partial charge >= 0.3 is 12.1 Å². The monoisotopic (exact) mass is 703 g/mol. The van der Waals surface area contributed by atoms with Crippen LogP contribution in [0, 0.1) is 18.7 Å². The number of carboxylic acid groups (broad SMARTS) is 1. The van der Waals surface area contributed by atoms with Gasteiger partial charge in [0.25, 0.3) is 0 Å². The molecule has 4 aromatic rings. The van der Waals surface area contributed by atoms with E-state index in [-0.39, 0.29) is 30.0 Å². The summed E-state index contributed by atoms with van der Waals surface area (Å²) in [6.45, 7) is 3.27. The Hall–Kier alpha value is -4.17. The number of rotatable bonds is 8. The van der Waals surface area contributed by atoms with Gasteiger partial charge in [0.2, 0.25) is 6.41 Å². The van der Waals surface area contributed by atoms with Gasteiger partial charge in [-0.3, -0.25) is 14.5 Å². The molecule has 1 aromatic heterocycles. The summed E-state index contributed by atoms with van der Waals surface area (Å²) in [4.78, 5) is 29.9. The maximum Gasteiger partial charge on any atom is 0.416 e. The zero-order valence-electron chi connectivity index (χ0n) is 27.3. The lowest BCUT2D eigenvalue weighted by molar-refractivity contribution is -0.144. The zero-order valence-corrected chi connectivity index (χ0v) is 28.1. The third-order valence-electron chi connectivity index (χ3n) is 9.33. The predicted octanol–water partition coefficient (Wildman–Crippen LogP) is 7.82. The van der Waals surface area contributed by atoms with Crippen molar-refractivity contribution in [1.82, 2.24) is 14.5 Å². The second-order valence-electron chi connectivity index (χ2n) is 12.4. The molecule has 1 saturated carbocycles. The van der Waals surface area contributed by atoms with Gasteiger partial charge in [-0.25, -0.2) is 13.8 Å². The number of alkyl halides is 4. The highest BCUT2D eigenvalue weighted by molar-refractivity contribution is 8.00. The number of likely N-dealkylation sites (tertiary alicyclic amines) is 1. The molecule has 0 spiro atoms. The third kappa shape index (κ3) is 8.53. The summed E-state index contributed by atoms with van der Waals surface area (Å²) >= 11 is 1.64. The number of aliphatic carboxylic acids is 1. The second kappa shape index (κ2) is 15.2. The summed E-state index contributed by atoms with van der Waals surface area (Å²) in [5.74, 6) is -1.29. The highest BCUT2D eigenvalue weighted by atomic mass is 32.2. The Labute approximate surface area is 285 Å². The molecule has 6 rings (SSSR count). The molecule has 1 saturated heterocycles. The number of anilines is 2. The van der Waals surface area contributed by atoms with Crippen LogP contribution < -0.4 is 9.62 Å². The van der Waals surface area contributed by atoms with Crippen LogP contribution in [0.15, 0.2) is 65.6 Å². The Balaban J connectivity index is 0.000000281. The highest BCUT2D eigenvalue weighted by Crippen LogP contribution is 2.41. The average molecular weight is 704 g/mol. The van der Waals surface area contributed by atoms with Crippen LogP contribution in [-0.2, 0) is 22.8 Å². The van der Waals surface area contributed by atoms with Crippen LogP contribution in [0.3, 0.4) is 0 Å². The first-order valence-corrected chi connectivity index (χ1v) is 16.6. The summed E-state index contributed by atoms with van der Waals surface area (Å²) in [5, 5.41) is 11.8. The van der Waals surface area contributed by atoms with Crippen molar-refractivity contribution >= 4 is 46.7 Å². The number of fused-ring (bicyclic) bond motifs is 1. The van der Waals surface area contributed by atoms with E-state index >= 15 is 0 Å². The van der Waals surface area contributed by atoms with Crippen molar-refractivity contribution in [3.63, 3.8) is 0 Å². The van der Waals surface area contributed by atoms with Crippen molar-refractivity contribution in [1.29, 1.82) is 0 Å². The molecule has 3 unspecified atom stereocenters. The number of amides is 1. The quantitative estimate of drug-likeness (QED) is 0.110. The molecule has 2 fully saturated rings. The summed E-state index contributed by atoms with van der Waals surface area (Å²) in [7, 11) is 4.06. The number of imidazole rings is 1. The smallest absolute Gasteiger partial charge is 0.416 e. The fourth-order valence-corrected chi connectivity index (χ4v) is 7.43. The molecule has 2 heterocycles. The van der Waals surface area contributed by atoms with Gasteiger partial charge in [0, 0.05) is 43.8 Å².